The summed E-state index contributed by atoms with van der Waals surface area (Å²) in [4.78, 5) is 40.2. The summed E-state index contributed by atoms with van der Waals surface area (Å²) in [6, 6.07) is 24.0. The van der Waals surface area contributed by atoms with Gasteiger partial charge in [0.1, 0.15) is 17.2 Å². The molecular formula is C29H23F3N2O8S2. The molecule has 1 fully saturated rings. The van der Waals surface area contributed by atoms with Gasteiger partial charge in [0.2, 0.25) is 0 Å². The summed E-state index contributed by atoms with van der Waals surface area (Å²) >= 11 is 0.801. The highest BCUT2D eigenvalue weighted by Gasteiger charge is 2.57. The molecule has 230 valence electrons. The number of benzene rings is 3. The van der Waals surface area contributed by atoms with Crippen LogP contribution in [0.25, 0.3) is 0 Å². The normalized spacial score (nSPS) is 18.3. The number of rotatable bonds is 10. The molecule has 1 unspecified atom stereocenters. The van der Waals surface area contributed by atoms with Crippen molar-refractivity contribution in [2.45, 2.75) is 23.0 Å². The predicted molar refractivity (Wildman–Crippen MR) is 151 cm³/mol. The summed E-state index contributed by atoms with van der Waals surface area (Å²) in [5.41, 5.74) is -5.62. The van der Waals surface area contributed by atoms with Gasteiger partial charge >= 0.3 is 21.6 Å². The van der Waals surface area contributed by atoms with E-state index in [1.165, 1.54) is 0 Å². The van der Waals surface area contributed by atoms with Crippen LogP contribution in [0.15, 0.2) is 102 Å². The van der Waals surface area contributed by atoms with Crippen LogP contribution in [0.4, 0.5) is 13.2 Å². The molecule has 1 saturated heterocycles. The molecule has 5 rings (SSSR count). The first-order valence-corrected chi connectivity index (χ1v) is 15.4. The van der Waals surface area contributed by atoms with Gasteiger partial charge in [-0.1, -0.05) is 78.9 Å². The number of fused-ring (bicyclic) bond motifs is 1. The van der Waals surface area contributed by atoms with Gasteiger partial charge in [-0.3, -0.25) is 14.5 Å². The molecule has 2 atom stereocenters. The number of β-lactam (4-membered cyclic amide) rings is 1. The molecule has 0 aromatic heterocycles. The summed E-state index contributed by atoms with van der Waals surface area (Å²) in [6.07, 6.45) is -1.08. The van der Waals surface area contributed by atoms with Crippen LogP contribution < -0.4 is 10.1 Å². The molecule has 15 heteroatoms. The SMILES string of the molecule is O=C(COc1ccccc1)NC1C(=O)N2C(C(=O)OC(c3ccccc3)c3ccccc3)=C(OS(=O)(=O)C(F)(F)F)CS[C@@H]12. The van der Waals surface area contributed by atoms with Crippen molar-refractivity contribution in [3.63, 3.8) is 0 Å². The van der Waals surface area contributed by atoms with Crippen LogP contribution in [0.3, 0.4) is 0 Å². The Morgan fingerprint density at radius 1 is 0.932 bits per heavy atom. The highest BCUT2D eigenvalue weighted by atomic mass is 32.2. The largest absolute Gasteiger partial charge is 0.534 e. The second-order valence-corrected chi connectivity index (χ2v) is 12.1. The van der Waals surface area contributed by atoms with E-state index < -0.39 is 74.7 Å². The van der Waals surface area contributed by atoms with E-state index in [1.807, 2.05) is 0 Å². The van der Waals surface area contributed by atoms with E-state index in [4.69, 9.17) is 9.47 Å². The number of halogens is 3. The number of nitrogens with one attached hydrogen (secondary N) is 1. The first-order valence-electron chi connectivity index (χ1n) is 12.9. The fraction of sp³-hybridized carbons (Fsp3) is 0.207. The van der Waals surface area contributed by atoms with Gasteiger partial charge in [-0.2, -0.15) is 21.6 Å². The summed E-state index contributed by atoms with van der Waals surface area (Å²) in [6.45, 7) is -0.441. The van der Waals surface area contributed by atoms with E-state index in [-0.39, 0.29) is 0 Å². The lowest BCUT2D eigenvalue weighted by Gasteiger charge is -2.49. The summed E-state index contributed by atoms with van der Waals surface area (Å²) in [5.74, 6) is -3.94. The van der Waals surface area contributed by atoms with Crippen molar-refractivity contribution in [1.82, 2.24) is 10.2 Å². The fourth-order valence-electron chi connectivity index (χ4n) is 4.45. The lowest BCUT2D eigenvalue weighted by Crippen LogP contribution is -2.71. The second-order valence-electron chi connectivity index (χ2n) is 9.42. The monoisotopic (exact) mass is 648 g/mol. The predicted octanol–water partition coefficient (Wildman–Crippen LogP) is 3.88. The zero-order valence-corrected chi connectivity index (χ0v) is 24.1. The minimum absolute atomic E-state index is 0.406. The highest BCUT2D eigenvalue weighted by Crippen LogP contribution is 2.43. The molecule has 3 aromatic rings. The third kappa shape index (κ3) is 6.53. The van der Waals surface area contributed by atoms with E-state index in [0.717, 1.165) is 16.7 Å². The lowest BCUT2D eigenvalue weighted by atomic mass is 10.0. The van der Waals surface area contributed by atoms with Crippen molar-refractivity contribution in [2.24, 2.45) is 0 Å². The molecule has 0 aliphatic carbocycles. The lowest BCUT2D eigenvalue weighted by molar-refractivity contribution is -0.155. The number of alkyl halides is 3. The van der Waals surface area contributed by atoms with E-state index in [0.29, 0.717) is 16.9 Å². The molecule has 2 aliphatic rings. The van der Waals surface area contributed by atoms with Crippen molar-refractivity contribution in [3.05, 3.63) is 114 Å². The summed E-state index contributed by atoms with van der Waals surface area (Å²) in [7, 11) is -6.20. The molecule has 0 radical (unpaired) electrons. The van der Waals surface area contributed by atoms with Crippen LogP contribution in [-0.4, -0.2) is 60.4 Å². The molecular weight excluding hydrogens is 625 g/mol. The molecule has 44 heavy (non-hydrogen) atoms. The summed E-state index contributed by atoms with van der Waals surface area (Å²) < 4.78 is 79.0. The van der Waals surface area contributed by atoms with Crippen molar-refractivity contribution in [3.8, 4) is 5.75 Å². The number of hydrogen-bond acceptors (Lipinski definition) is 9. The Morgan fingerprint density at radius 2 is 1.48 bits per heavy atom. The van der Waals surface area contributed by atoms with Gasteiger partial charge in [-0.25, -0.2) is 4.79 Å². The molecule has 3 aromatic carbocycles. The molecule has 0 bridgehead atoms. The van der Waals surface area contributed by atoms with Crippen molar-refractivity contribution in [1.29, 1.82) is 0 Å². The molecule has 2 amide bonds. The maximum Gasteiger partial charge on any atom is 0.534 e. The Morgan fingerprint density at radius 3 is 2.02 bits per heavy atom. The average Bonchev–Trinajstić information content (AvgIpc) is 3.01. The topological polar surface area (TPSA) is 128 Å². The standard InChI is InChI=1S/C29H23F3N2O8S2/c30-29(31,32)44(38,39)42-21-17-43-27-23(33-22(35)16-40-20-14-8-3-9-15-20)26(36)34(27)24(21)28(37)41-25(18-10-4-1-5-11-18)19-12-6-2-7-13-19/h1-15,23,25,27H,16-17H2,(H,33,35)/t23?,27-/m0/s1. The van der Waals surface area contributed by atoms with E-state index in [2.05, 4.69) is 9.50 Å². The van der Waals surface area contributed by atoms with Gasteiger partial charge in [-0.05, 0) is 23.3 Å². The number of nitrogens with zero attached hydrogens (tertiary/aromatic N) is 1. The van der Waals surface area contributed by atoms with Gasteiger partial charge in [0.25, 0.3) is 11.8 Å². The van der Waals surface area contributed by atoms with Crippen LogP contribution in [0.5, 0.6) is 5.75 Å². The van der Waals surface area contributed by atoms with Crippen LogP contribution in [0.2, 0.25) is 0 Å². The van der Waals surface area contributed by atoms with Crippen LogP contribution in [0, 0.1) is 0 Å². The number of hydrogen-bond donors (Lipinski definition) is 1. The minimum Gasteiger partial charge on any atom is -0.484 e. The van der Waals surface area contributed by atoms with Crippen molar-refractivity contribution in [2.75, 3.05) is 12.4 Å². The third-order valence-electron chi connectivity index (χ3n) is 6.48. The molecule has 2 heterocycles. The zero-order chi connectivity index (χ0) is 31.5. The number of esters is 1. The molecule has 0 saturated carbocycles. The molecule has 1 N–H and O–H groups in total. The second kappa shape index (κ2) is 12.6. The summed E-state index contributed by atoms with van der Waals surface area (Å²) in [5, 5.41) is 1.51. The molecule has 2 aliphatic heterocycles. The molecule has 0 spiro atoms. The van der Waals surface area contributed by atoms with E-state index in [9.17, 15) is 36.0 Å². The quantitative estimate of drug-likeness (QED) is 0.151. The van der Waals surface area contributed by atoms with E-state index >= 15 is 0 Å². The van der Waals surface area contributed by atoms with Crippen LogP contribution in [-0.2, 0) is 33.4 Å². The Balaban J connectivity index is 1.42. The average molecular weight is 649 g/mol. The number of thioether (sulfide) groups is 1. The number of amides is 2. The number of carbonyl (C=O) groups is 3. The molecule has 10 nitrogen and oxygen atoms in total. The van der Waals surface area contributed by atoms with Crippen LogP contribution in [0.1, 0.15) is 17.2 Å². The van der Waals surface area contributed by atoms with Crippen LogP contribution >= 0.6 is 11.8 Å². The first kappa shape index (κ1) is 30.9. The number of ether oxygens (including phenoxy) is 2. The number of carbonyl (C=O) groups excluding carboxylic acids is 3. The number of para-hydroxylation sites is 1. The van der Waals surface area contributed by atoms with Gasteiger partial charge in [0.05, 0.1) is 5.75 Å². The Kier molecular flexibility index (Phi) is 8.87. The Hall–Kier alpha value is -4.50. The highest BCUT2D eigenvalue weighted by molar-refractivity contribution is 8.00. The van der Waals surface area contributed by atoms with Gasteiger partial charge in [0.15, 0.2) is 24.2 Å². The maximum absolute atomic E-state index is 13.7. The van der Waals surface area contributed by atoms with Gasteiger partial charge in [-0.15, -0.1) is 11.8 Å². The third-order valence-corrected chi connectivity index (χ3v) is 8.72. The van der Waals surface area contributed by atoms with Gasteiger partial charge < -0.3 is 19.0 Å². The van der Waals surface area contributed by atoms with Crippen molar-refractivity contribution < 1.29 is 49.6 Å². The zero-order valence-electron chi connectivity index (χ0n) is 22.5. The Labute approximate surface area is 253 Å². The Bertz CT molecular complexity index is 1630. The van der Waals surface area contributed by atoms with Crippen molar-refractivity contribution >= 4 is 39.7 Å². The smallest absolute Gasteiger partial charge is 0.484 e. The first-order chi connectivity index (χ1) is 21.0. The minimum atomic E-state index is -6.20. The van der Waals surface area contributed by atoms with E-state index in [1.54, 1.807) is 91.0 Å². The fourth-order valence-corrected chi connectivity index (χ4v) is 6.28. The van der Waals surface area contributed by atoms with Gasteiger partial charge in [0, 0.05) is 0 Å². The maximum atomic E-state index is 13.7.